The third-order valence-corrected chi connectivity index (χ3v) is 6.76. The molecule has 2 fully saturated rings. The second-order valence-corrected chi connectivity index (χ2v) is 9.07. The minimum absolute atomic E-state index is 0.0388. The van der Waals surface area contributed by atoms with Crippen molar-refractivity contribution >= 4 is 17.4 Å². The summed E-state index contributed by atoms with van der Waals surface area (Å²) in [6, 6.07) is 8.08. The molecular weight excluding hydrogens is 462 g/mol. The van der Waals surface area contributed by atoms with E-state index in [1.54, 1.807) is 31.4 Å². The first-order valence-electron chi connectivity index (χ1n) is 12.2. The van der Waals surface area contributed by atoms with Gasteiger partial charge in [-0.3, -0.25) is 9.59 Å². The van der Waals surface area contributed by atoms with Crippen LogP contribution in [0.5, 0.6) is 17.2 Å². The summed E-state index contributed by atoms with van der Waals surface area (Å²) < 4.78 is 22.4. The fourth-order valence-electron chi connectivity index (χ4n) is 4.96. The van der Waals surface area contributed by atoms with Gasteiger partial charge in [0.05, 0.1) is 38.5 Å². The standard InChI is InChI=1S/C28H33NO7/c1-6-35-21-10-9-18(14-23(21)34-5)25-24(26(30)20-12-17(3)22(33-4)13-16(20)2)27(31)28(32)29(25)15-19-8-7-11-36-19/h9-10,12-14,19,25,30H,6-8,11,15H2,1-5H3/b26-24+. The number of amides is 1. The maximum Gasteiger partial charge on any atom is 0.295 e. The molecule has 0 spiro atoms. The summed E-state index contributed by atoms with van der Waals surface area (Å²) in [4.78, 5) is 28.2. The van der Waals surface area contributed by atoms with Crippen LogP contribution in [0, 0.1) is 13.8 Å². The largest absolute Gasteiger partial charge is 0.507 e. The van der Waals surface area contributed by atoms with E-state index in [4.69, 9.17) is 18.9 Å². The summed E-state index contributed by atoms with van der Waals surface area (Å²) in [6.07, 6.45) is 1.54. The minimum atomic E-state index is -0.805. The Morgan fingerprint density at radius 1 is 1.06 bits per heavy atom. The van der Waals surface area contributed by atoms with Gasteiger partial charge < -0.3 is 29.0 Å². The lowest BCUT2D eigenvalue weighted by Crippen LogP contribution is -2.36. The molecule has 4 rings (SSSR count). The number of aliphatic hydroxyl groups is 1. The van der Waals surface area contributed by atoms with Crippen molar-refractivity contribution in [3.05, 3.63) is 58.2 Å². The molecule has 2 aliphatic heterocycles. The van der Waals surface area contributed by atoms with Crippen LogP contribution in [0.4, 0.5) is 0 Å². The highest BCUT2D eigenvalue weighted by molar-refractivity contribution is 6.46. The zero-order valence-corrected chi connectivity index (χ0v) is 21.4. The molecule has 2 atom stereocenters. The van der Waals surface area contributed by atoms with Crippen molar-refractivity contribution in [1.29, 1.82) is 0 Å². The van der Waals surface area contributed by atoms with E-state index < -0.39 is 17.7 Å². The highest BCUT2D eigenvalue weighted by atomic mass is 16.5. The molecule has 0 saturated carbocycles. The van der Waals surface area contributed by atoms with E-state index in [0.29, 0.717) is 41.6 Å². The normalized spacial score (nSPS) is 21.2. The topological polar surface area (TPSA) is 94.5 Å². The quantitative estimate of drug-likeness (QED) is 0.331. The van der Waals surface area contributed by atoms with Crippen LogP contribution in [0.15, 0.2) is 35.9 Å². The number of carbonyl (C=O) groups excluding carboxylic acids is 2. The van der Waals surface area contributed by atoms with Gasteiger partial charge in [-0.25, -0.2) is 0 Å². The summed E-state index contributed by atoms with van der Waals surface area (Å²) in [6.45, 7) is 6.91. The Hall–Kier alpha value is -3.52. The van der Waals surface area contributed by atoms with Gasteiger partial charge in [0, 0.05) is 18.7 Å². The van der Waals surface area contributed by atoms with Gasteiger partial charge in [0.15, 0.2) is 11.5 Å². The van der Waals surface area contributed by atoms with Gasteiger partial charge in [0.2, 0.25) is 0 Å². The van der Waals surface area contributed by atoms with E-state index >= 15 is 0 Å². The van der Waals surface area contributed by atoms with E-state index in [0.717, 1.165) is 24.0 Å². The molecule has 8 nitrogen and oxygen atoms in total. The monoisotopic (exact) mass is 495 g/mol. The third kappa shape index (κ3) is 4.65. The predicted octanol–water partition coefficient (Wildman–Crippen LogP) is 4.32. The Labute approximate surface area is 211 Å². The molecule has 36 heavy (non-hydrogen) atoms. The summed E-state index contributed by atoms with van der Waals surface area (Å²) in [5.41, 5.74) is 2.68. The summed E-state index contributed by atoms with van der Waals surface area (Å²) >= 11 is 0. The van der Waals surface area contributed by atoms with Crippen LogP contribution in [0.3, 0.4) is 0 Å². The molecule has 192 valence electrons. The molecule has 8 heteroatoms. The van der Waals surface area contributed by atoms with E-state index in [-0.39, 0.29) is 24.0 Å². The molecule has 2 aromatic carbocycles. The maximum absolute atomic E-state index is 13.4. The second kappa shape index (κ2) is 10.6. The van der Waals surface area contributed by atoms with Crippen molar-refractivity contribution in [2.45, 2.75) is 45.8 Å². The highest BCUT2D eigenvalue weighted by Crippen LogP contribution is 2.43. The first-order valence-corrected chi connectivity index (χ1v) is 12.2. The highest BCUT2D eigenvalue weighted by Gasteiger charge is 2.47. The Bertz CT molecular complexity index is 1200. The number of ketones is 1. The van der Waals surface area contributed by atoms with Crippen molar-refractivity contribution < 1.29 is 33.6 Å². The first kappa shape index (κ1) is 25.6. The Balaban J connectivity index is 1.88. The number of Topliss-reactive ketones (excluding diaryl/α,β-unsaturated/α-hetero) is 1. The van der Waals surface area contributed by atoms with Crippen LogP contribution < -0.4 is 14.2 Å². The van der Waals surface area contributed by atoms with Crippen molar-refractivity contribution in [3.8, 4) is 17.2 Å². The van der Waals surface area contributed by atoms with Crippen molar-refractivity contribution in [2.75, 3.05) is 34.0 Å². The van der Waals surface area contributed by atoms with Crippen molar-refractivity contribution in [1.82, 2.24) is 4.90 Å². The number of likely N-dealkylation sites (tertiary alicyclic amines) is 1. The maximum atomic E-state index is 13.4. The zero-order valence-electron chi connectivity index (χ0n) is 21.4. The lowest BCUT2D eigenvalue weighted by molar-refractivity contribution is -0.140. The number of aliphatic hydroxyl groups excluding tert-OH is 1. The van der Waals surface area contributed by atoms with Crippen LogP contribution in [-0.2, 0) is 14.3 Å². The van der Waals surface area contributed by atoms with Crippen LogP contribution in [0.1, 0.15) is 48.1 Å². The predicted molar refractivity (Wildman–Crippen MR) is 135 cm³/mol. The molecule has 1 amide bonds. The first-order chi connectivity index (χ1) is 17.3. The number of aryl methyl sites for hydroxylation is 2. The molecular formula is C28H33NO7. The van der Waals surface area contributed by atoms with Crippen LogP contribution in [-0.4, -0.2) is 61.8 Å². The average Bonchev–Trinajstić information content (AvgIpc) is 3.47. The second-order valence-electron chi connectivity index (χ2n) is 9.07. The number of rotatable bonds is 8. The zero-order chi connectivity index (χ0) is 26.0. The van der Waals surface area contributed by atoms with Crippen LogP contribution in [0.25, 0.3) is 5.76 Å². The van der Waals surface area contributed by atoms with Gasteiger partial charge in [0.25, 0.3) is 11.7 Å². The molecule has 2 aliphatic rings. The lowest BCUT2D eigenvalue weighted by atomic mass is 9.92. The molecule has 2 saturated heterocycles. The number of benzene rings is 2. The summed E-state index contributed by atoms with van der Waals surface area (Å²) in [7, 11) is 3.12. The SMILES string of the molecule is CCOc1ccc(C2/C(=C(\O)c3cc(C)c(OC)cc3C)C(=O)C(=O)N2CC2CCCO2)cc1OC. The number of hydrogen-bond acceptors (Lipinski definition) is 7. The fourth-order valence-corrected chi connectivity index (χ4v) is 4.96. The molecule has 1 N–H and O–H groups in total. The average molecular weight is 496 g/mol. The molecule has 2 unspecified atom stereocenters. The fraction of sp³-hybridized carbons (Fsp3) is 0.429. The molecule has 0 aromatic heterocycles. The molecule has 0 bridgehead atoms. The molecule has 0 radical (unpaired) electrons. The van der Waals surface area contributed by atoms with E-state index in [1.165, 1.54) is 12.0 Å². The van der Waals surface area contributed by atoms with Gasteiger partial charge >= 0.3 is 0 Å². The van der Waals surface area contributed by atoms with Crippen molar-refractivity contribution in [2.24, 2.45) is 0 Å². The van der Waals surface area contributed by atoms with Gasteiger partial charge in [0.1, 0.15) is 11.5 Å². The number of ether oxygens (including phenoxy) is 4. The molecule has 2 aromatic rings. The summed E-state index contributed by atoms with van der Waals surface area (Å²) in [5.74, 6) is 0.110. The smallest absolute Gasteiger partial charge is 0.295 e. The molecule has 2 heterocycles. The van der Waals surface area contributed by atoms with Crippen LogP contribution in [0.2, 0.25) is 0 Å². The van der Waals surface area contributed by atoms with Crippen molar-refractivity contribution in [3.63, 3.8) is 0 Å². The number of carbonyl (C=O) groups is 2. The number of nitrogens with zero attached hydrogens (tertiary/aromatic N) is 1. The Kier molecular flexibility index (Phi) is 7.54. The number of methoxy groups -OCH3 is 2. The van der Waals surface area contributed by atoms with E-state index in [2.05, 4.69) is 0 Å². The number of hydrogen-bond donors (Lipinski definition) is 1. The Morgan fingerprint density at radius 2 is 1.81 bits per heavy atom. The van der Waals surface area contributed by atoms with Crippen LogP contribution >= 0.6 is 0 Å². The van der Waals surface area contributed by atoms with E-state index in [9.17, 15) is 14.7 Å². The van der Waals surface area contributed by atoms with Gasteiger partial charge in [-0.1, -0.05) is 6.07 Å². The third-order valence-electron chi connectivity index (χ3n) is 6.76. The molecule has 0 aliphatic carbocycles. The van der Waals surface area contributed by atoms with Gasteiger partial charge in [-0.15, -0.1) is 0 Å². The van der Waals surface area contributed by atoms with E-state index in [1.807, 2.05) is 26.8 Å². The van der Waals surface area contributed by atoms with Gasteiger partial charge in [-0.2, -0.15) is 0 Å². The lowest BCUT2D eigenvalue weighted by Gasteiger charge is -2.28. The Morgan fingerprint density at radius 3 is 2.44 bits per heavy atom. The van der Waals surface area contributed by atoms with Gasteiger partial charge in [-0.05, 0) is 74.6 Å². The minimum Gasteiger partial charge on any atom is -0.507 e. The summed E-state index contributed by atoms with van der Waals surface area (Å²) in [5, 5.41) is 11.5.